The van der Waals surface area contributed by atoms with Crippen LogP contribution in [0.15, 0.2) is 18.2 Å². The van der Waals surface area contributed by atoms with Gasteiger partial charge in [-0.1, -0.05) is 23.2 Å². The zero-order valence-electron chi connectivity index (χ0n) is 12.4. The van der Waals surface area contributed by atoms with Gasteiger partial charge in [0.15, 0.2) is 9.84 Å². The average molecular weight is 379 g/mol. The zero-order chi connectivity index (χ0) is 17.2. The van der Waals surface area contributed by atoms with Crippen molar-refractivity contribution in [2.24, 2.45) is 0 Å². The van der Waals surface area contributed by atoms with Crippen LogP contribution in [-0.2, 0) is 19.4 Å². The highest BCUT2D eigenvalue weighted by molar-refractivity contribution is 7.91. The maximum atomic E-state index is 12.1. The van der Waals surface area contributed by atoms with Gasteiger partial charge in [0, 0.05) is 18.1 Å². The standard InChI is InChI=1S/C14H16Cl2N2O4S/c1-18(10-4-5-23(21,22)8-10)14(20)7-13(19)17-12-3-2-9(15)6-11(12)16/h2-3,6,10H,4-5,7-8H2,1H3,(H,17,19). The lowest BCUT2D eigenvalue weighted by atomic mass is 10.2. The highest BCUT2D eigenvalue weighted by Gasteiger charge is 2.33. The fourth-order valence-corrected chi connectivity index (χ4v) is 4.56. The average Bonchev–Trinajstić information content (AvgIpc) is 2.81. The Morgan fingerprint density at radius 1 is 1.35 bits per heavy atom. The van der Waals surface area contributed by atoms with Gasteiger partial charge in [0.2, 0.25) is 11.8 Å². The van der Waals surface area contributed by atoms with E-state index in [1.807, 2.05) is 0 Å². The number of amides is 2. The summed E-state index contributed by atoms with van der Waals surface area (Å²) in [5, 5.41) is 3.24. The third-order valence-electron chi connectivity index (χ3n) is 3.67. The van der Waals surface area contributed by atoms with E-state index in [4.69, 9.17) is 23.2 Å². The third-order valence-corrected chi connectivity index (χ3v) is 5.96. The molecule has 9 heteroatoms. The Hall–Kier alpha value is -1.31. The van der Waals surface area contributed by atoms with Crippen molar-refractivity contribution < 1.29 is 18.0 Å². The Balaban J connectivity index is 1.93. The first kappa shape index (κ1) is 18.0. The van der Waals surface area contributed by atoms with Gasteiger partial charge in [-0.2, -0.15) is 0 Å². The number of hydrogen-bond donors (Lipinski definition) is 1. The summed E-state index contributed by atoms with van der Waals surface area (Å²) in [5.41, 5.74) is 0.361. The second-order valence-electron chi connectivity index (χ2n) is 5.41. The van der Waals surface area contributed by atoms with Gasteiger partial charge >= 0.3 is 0 Å². The molecule has 0 aromatic heterocycles. The van der Waals surface area contributed by atoms with Crippen LogP contribution in [0.2, 0.25) is 10.0 Å². The molecule has 1 aromatic rings. The number of halogens is 2. The Morgan fingerprint density at radius 3 is 2.61 bits per heavy atom. The lowest BCUT2D eigenvalue weighted by Gasteiger charge is -2.23. The van der Waals surface area contributed by atoms with E-state index in [-0.39, 0.29) is 29.0 Å². The number of nitrogens with zero attached hydrogens (tertiary/aromatic N) is 1. The van der Waals surface area contributed by atoms with Gasteiger partial charge in [0.05, 0.1) is 22.2 Å². The number of carbonyl (C=O) groups excluding carboxylic acids is 2. The molecule has 1 aromatic carbocycles. The molecule has 0 saturated carbocycles. The number of benzene rings is 1. The molecular formula is C14H16Cl2N2O4S. The van der Waals surface area contributed by atoms with Crippen LogP contribution in [-0.4, -0.2) is 49.7 Å². The molecule has 0 aliphatic carbocycles. The Labute approximate surface area is 144 Å². The van der Waals surface area contributed by atoms with Crippen molar-refractivity contribution in [3.8, 4) is 0 Å². The van der Waals surface area contributed by atoms with E-state index in [2.05, 4.69) is 5.32 Å². The Bertz CT molecular complexity index is 736. The largest absolute Gasteiger partial charge is 0.341 e. The molecule has 1 unspecified atom stereocenters. The van der Waals surface area contributed by atoms with E-state index >= 15 is 0 Å². The molecule has 1 aliphatic heterocycles. The molecule has 23 heavy (non-hydrogen) atoms. The molecular weight excluding hydrogens is 363 g/mol. The minimum atomic E-state index is -3.09. The zero-order valence-corrected chi connectivity index (χ0v) is 14.7. The normalized spacial score (nSPS) is 19.3. The number of nitrogens with one attached hydrogen (secondary N) is 1. The van der Waals surface area contributed by atoms with Gasteiger partial charge in [-0.05, 0) is 24.6 Å². The van der Waals surface area contributed by atoms with Crippen LogP contribution in [0.1, 0.15) is 12.8 Å². The molecule has 1 fully saturated rings. The van der Waals surface area contributed by atoms with E-state index in [0.29, 0.717) is 17.1 Å². The van der Waals surface area contributed by atoms with Gasteiger partial charge < -0.3 is 10.2 Å². The van der Waals surface area contributed by atoms with E-state index in [9.17, 15) is 18.0 Å². The van der Waals surface area contributed by atoms with Gasteiger partial charge in [-0.15, -0.1) is 0 Å². The van der Waals surface area contributed by atoms with Crippen molar-refractivity contribution in [1.82, 2.24) is 4.90 Å². The first-order chi connectivity index (χ1) is 10.7. The van der Waals surface area contributed by atoms with Crippen LogP contribution in [0.3, 0.4) is 0 Å². The van der Waals surface area contributed by atoms with Crippen LogP contribution in [0.5, 0.6) is 0 Å². The minimum absolute atomic E-state index is 0.0557. The van der Waals surface area contributed by atoms with Gasteiger partial charge in [-0.25, -0.2) is 8.42 Å². The summed E-state index contributed by atoms with van der Waals surface area (Å²) in [6, 6.07) is 4.22. The van der Waals surface area contributed by atoms with E-state index in [0.717, 1.165) is 0 Å². The van der Waals surface area contributed by atoms with Crippen LogP contribution in [0.25, 0.3) is 0 Å². The van der Waals surface area contributed by atoms with Crippen LogP contribution in [0.4, 0.5) is 5.69 Å². The summed E-state index contributed by atoms with van der Waals surface area (Å²) in [7, 11) is -1.57. The predicted octanol–water partition coefficient (Wildman–Crippen LogP) is 1.97. The molecule has 0 spiro atoms. The van der Waals surface area contributed by atoms with Crippen LogP contribution >= 0.6 is 23.2 Å². The Kier molecular flexibility index (Phi) is 5.54. The van der Waals surface area contributed by atoms with E-state index in [1.165, 1.54) is 18.0 Å². The van der Waals surface area contributed by atoms with Crippen molar-refractivity contribution in [2.75, 3.05) is 23.9 Å². The first-order valence-electron chi connectivity index (χ1n) is 6.89. The molecule has 1 heterocycles. The summed E-state index contributed by atoms with van der Waals surface area (Å²) in [5.74, 6) is -0.941. The number of hydrogen-bond acceptors (Lipinski definition) is 4. The molecule has 2 rings (SSSR count). The lowest BCUT2D eigenvalue weighted by molar-refractivity contribution is -0.134. The maximum absolute atomic E-state index is 12.1. The summed E-state index contributed by atoms with van der Waals surface area (Å²) in [4.78, 5) is 25.4. The second-order valence-corrected chi connectivity index (χ2v) is 8.48. The number of sulfone groups is 1. The quantitative estimate of drug-likeness (QED) is 0.811. The van der Waals surface area contributed by atoms with Gasteiger partial charge in [0.1, 0.15) is 6.42 Å². The molecule has 1 saturated heterocycles. The lowest BCUT2D eigenvalue weighted by Crippen LogP contribution is -2.39. The molecule has 2 amide bonds. The van der Waals surface area contributed by atoms with E-state index in [1.54, 1.807) is 12.1 Å². The highest BCUT2D eigenvalue weighted by Crippen LogP contribution is 2.25. The van der Waals surface area contributed by atoms with Crippen molar-refractivity contribution in [2.45, 2.75) is 18.9 Å². The highest BCUT2D eigenvalue weighted by atomic mass is 35.5. The van der Waals surface area contributed by atoms with Crippen molar-refractivity contribution >= 4 is 50.5 Å². The molecule has 0 bridgehead atoms. The topological polar surface area (TPSA) is 83.6 Å². The molecule has 0 radical (unpaired) electrons. The summed E-state index contributed by atoms with van der Waals surface area (Å²) in [6.45, 7) is 0. The number of carbonyl (C=O) groups is 2. The van der Waals surface area contributed by atoms with Crippen molar-refractivity contribution in [3.63, 3.8) is 0 Å². The van der Waals surface area contributed by atoms with Crippen molar-refractivity contribution in [1.29, 1.82) is 0 Å². The molecule has 1 atom stereocenters. The predicted molar refractivity (Wildman–Crippen MR) is 89.5 cm³/mol. The van der Waals surface area contributed by atoms with Crippen LogP contribution < -0.4 is 5.32 Å². The van der Waals surface area contributed by atoms with Gasteiger partial charge in [-0.3, -0.25) is 9.59 Å². The smallest absolute Gasteiger partial charge is 0.233 e. The summed E-state index contributed by atoms with van der Waals surface area (Å²) >= 11 is 11.7. The minimum Gasteiger partial charge on any atom is -0.341 e. The molecule has 1 aliphatic rings. The SMILES string of the molecule is CN(C(=O)CC(=O)Nc1ccc(Cl)cc1Cl)C1CCS(=O)(=O)C1. The van der Waals surface area contributed by atoms with Crippen LogP contribution in [0, 0.1) is 0 Å². The molecule has 6 nitrogen and oxygen atoms in total. The number of anilines is 1. The second kappa shape index (κ2) is 7.07. The fourth-order valence-electron chi connectivity index (χ4n) is 2.33. The van der Waals surface area contributed by atoms with Crippen molar-refractivity contribution in [3.05, 3.63) is 28.2 Å². The summed E-state index contributed by atoms with van der Waals surface area (Å²) < 4.78 is 22.9. The molecule has 1 N–H and O–H groups in total. The number of rotatable bonds is 4. The fraction of sp³-hybridized carbons (Fsp3) is 0.429. The first-order valence-corrected chi connectivity index (χ1v) is 9.46. The maximum Gasteiger partial charge on any atom is 0.233 e. The van der Waals surface area contributed by atoms with E-state index < -0.39 is 21.7 Å². The Morgan fingerprint density at radius 2 is 2.04 bits per heavy atom. The monoisotopic (exact) mass is 378 g/mol. The third kappa shape index (κ3) is 4.83. The summed E-state index contributed by atoms with van der Waals surface area (Å²) in [6.07, 6.45) is 0.0151. The molecule has 126 valence electrons. The van der Waals surface area contributed by atoms with Gasteiger partial charge in [0.25, 0.3) is 0 Å².